The van der Waals surface area contributed by atoms with E-state index in [1.54, 1.807) is 11.8 Å². The lowest BCUT2D eigenvalue weighted by atomic mass is 10.0. The van der Waals surface area contributed by atoms with E-state index >= 15 is 0 Å². The first-order valence-electron chi connectivity index (χ1n) is 6.13. The van der Waals surface area contributed by atoms with Gasteiger partial charge in [-0.2, -0.15) is 11.8 Å². The highest BCUT2D eigenvalue weighted by Crippen LogP contribution is 2.28. The molecule has 1 N–H and O–H groups in total. The first-order valence-corrected chi connectivity index (χ1v) is 7.52. The number of hydrogen-bond acceptors (Lipinski definition) is 4. The average molecular weight is 268 g/mol. The van der Waals surface area contributed by atoms with E-state index in [-0.39, 0.29) is 17.9 Å². The van der Waals surface area contributed by atoms with Gasteiger partial charge >= 0.3 is 0 Å². The maximum absolute atomic E-state index is 11.7. The van der Waals surface area contributed by atoms with Gasteiger partial charge in [-0.05, 0) is 32.4 Å². The summed E-state index contributed by atoms with van der Waals surface area (Å²) in [6.07, 6.45) is 1.94. The molecule has 0 bridgehead atoms. The van der Waals surface area contributed by atoms with Crippen LogP contribution in [0.5, 0.6) is 0 Å². The highest BCUT2D eigenvalue weighted by molar-refractivity contribution is 7.99. The molecule has 1 fully saturated rings. The Kier molecular flexibility index (Phi) is 4.35. The zero-order valence-electron chi connectivity index (χ0n) is 11.1. The summed E-state index contributed by atoms with van der Waals surface area (Å²) in [5.74, 6) is 2.79. The molecular weight excluding hydrogens is 248 g/mol. The third-order valence-corrected chi connectivity index (χ3v) is 3.80. The zero-order valence-corrected chi connectivity index (χ0v) is 11.9. The molecule has 1 aliphatic rings. The number of amides is 1. The fourth-order valence-corrected chi connectivity index (χ4v) is 2.81. The van der Waals surface area contributed by atoms with Crippen LogP contribution >= 0.6 is 11.8 Å². The monoisotopic (exact) mass is 268 g/mol. The maximum Gasteiger partial charge on any atom is 0.230 e. The molecule has 1 aliphatic heterocycles. The highest BCUT2D eigenvalue weighted by atomic mass is 32.2. The van der Waals surface area contributed by atoms with Gasteiger partial charge in [-0.25, -0.2) is 0 Å². The topological polar surface area (TPSA) is 45.5 Å². The number of carbonyl (C=O) groups is 1. The summed E-state index contributed by atoms with van der Waals surface area (Å²) in [4.78, 5) is 13.9. The van der Waals surface area contributed by atoms with Gasteiger partial charge in [0.2, 0.25) is 5.91 Å². The first kappa shape index (κ1) is 13.5. The normalized spacial score (nSPS) is 24.4. The molecule has 2 atom stereocenters. The van der Waals surface area contributed by atoms with Crippen LogP contribution in [0.15, 0.2) is 16.5 Å². The number of furan rings is 1. The zero-order chi connectivity index (χ0) is 13.1. The molecule has 0 radical (unpaired) electrons. The number of carbonyl (C=O) groups excluding carboxylic acids is 1. The maximum atomic E-state index is 11.7. The van der Waals surface area contributed by atoms with Gasteiger partial charge in [0.25, 0.3) is 0 Å². The minimum atomic E-state index is 0.107. The van der Waals surface area contributed by atoms with E-state index in [2.05, 4.69) is 17.3 Å². The number of nitrogens with one attached hydrogen (secondary N) is 1. The second-order valence-electron chi connectivity index (χ2n) is 4.88. The van der Waals surface area contributed by atoms with E-state index in [9.17, 15) is 4.79 Å². The number of nitrogens with zero attached hydrogens (tertiary/aromatic N) is 1. The molecule has 1 aromatic rings. The average Bonchev–Trinajstić information content (AvgIpc) is 2.85. The van der Waals surface area contributed by atoms with Gasteiger partial charge in [-0.15, -0.1) is 0 Å². The summed E-state index contributed by atoms with van der Waals surface area (Å²) in [6.45, 7) is 3.76. The van der Waals surface area contributed by atoms with Crippen molar-refractivity contribution in [3.63, 3.8) is 0 Å². The fourth-order valence-electron chi connectivity index (χ4n) is 2.47. The van der Waals surface area contributed by atoms with Gasteiger partial charge in [-0.1, -0.05) is 0 Å². The van der Waals surface area contributed by atoms with Gasteiger partial charge in [0.05, 0.1) is 17.7 Å². The number of thioether (sulfide) groups is 1. The summed E-state index contributed by atoms with van der Waals surface area (Å²) in [6, 6.07) is 4.15. The van der Waals surface area contributed by atoms with Crippen molar-refractivity contribution in [3.8, 4) is 0 Å². The Balaban J connectivity index is 2.05. The van der Waals surface area contributed by atoms with Crippen LogP contribution in [0, 0.1) is 6.92 Å². The molecule has 2 rings (SSSR count). The van der Waals surface area contributed by atoms with E-state index in [1.165, 1.54) is 0 Å². The van der Waals surface area contributed by atoms with E-state index in [4.69, 9.17) is 4.42 Å². The van der Waals surface area contributed by atoms with Crippen molar-refractivity contribution in [3.05, 3.63) is 23.7 Å². The Morgan fingerprint density at radius 3 is 2.94 bits per heavy atom. The molecule has 1 amide bonds. The van der Waals surface area contributed by atoms with Crippen molar-refractivity contribution in [2.24, 2.45) is 0 Å². The minimum Gasteiger partial charge on any atom is -0.466 e. The van der Waals surface area contributed by atoms with Crippen LogP contribution in [0.25, 0.3) is 0 Å². The summed E-state index contributed by atoms with van der Waals surface area (Å²) >= 11 is 1.55. The lowest BCUT2D eigenvalue weighted by Crippen LogP contribution is -2.40. The largest absolute Gasteiger partial charge is 0.466 e. The van der Waals surface area contributed by atoms with Gasteiger partial charge < -0.3 is 14.6 Å². The van der Waals surface area contributed by atoms with Crippen LogP contribution in [0.4, 0.5) is 0 Å². The molecule has 1 saturated heterocycles. The van der Waals surface area contributed by atoms with Gasteiger partial charge in [0.1, 0.15) is 11.5 Å². The molecule has 100 valence electrons. The van der Waals surface area contributed by atoms with Crippen molar-refractivity contribution in [1.29, 1.82) is 0 Å². The van der Waals surface area contributed by atoms with E-state index in [1.807, 2.05) is 25.3 Å². The molecule has 18 heavy (non-hydrogen) atoms. The SMILES string of the molecule is CSCC(=O)N[C@H]1CN(C)C[C@@H]1c1ccc(C)o1. The fraction of sp³-hybridized carbons (Fsp3) is 0.615. The number of rotatable bonds is 4. The van der Waals surface area contributed by atoms with Crippen LogP contribution in [-0.2, 0) is 4.79 Å². The molecule has 0 aliphatic carbocycles. The van der Waals surface area contributed by atoms with Crippen molar-refractivity contribution >= 4 is 17.7 Å². The lowest BCUT2D eigenvalue weighted by Gasteiger charge is -2.18. The second kappa shape index (κ2) is 5.80. The van der Waals surface area contributed by atoms with Crippen molar-refractivity contribution < 1.29 is 9.21 Å². The molecule has 0 unspecified atom stereocenters. The third kappa shape index (κ3) is 3.09. The van der Waals surface area contributed by atoms with Crippen LogP contribution in [-0.4, -0.2) is 49.0 Å². The quantitative estimate of drug-likeness (QED) is 0.898. The van der Waals surface area contributed by atoms with Crippen molar-refractivity contribution in [2.75, 3.05) is 32.1 Å². The molecule has 0 spiro atoms. The first-order chi connectivity index (χ1) is 8.60. The molecule has 1 aromatic heterocycles. The lowest BCUT2D eigenvalue weighted by molar-refractivity contribution is -0.119. The van der Waals surface area contributed by atoms with Crippen LogP contribution in [0.1, 0.15) is 17.4 Å². The van der Waals surface area contributed by atoms with Gasteiger partial charge in [-0.3, -0.25) is 4.79 Å². The molecule has 4 nitrogen and oxygen atoms in total. The Morgan fingerprint density at radius 2 is 2.33 bits per heavy atom. The van der Waals surface area contributed by atoms with Crippen LogP contribution < -0.4 is 5.32 Å². The molecule has 0 saturated carbocycles. The Labute approximate surface area is 112 Å². The smallest absolute Gasteiger partial charge is 0.230 e. The van der Waals surface area contributed by atoms with Crippen LogP contribution in [0.2, 0.25) is 0 Å². The number of aryl methyl sites for hydroxylation is 1. The third-order valence-electron chi connectivity index (χ3n) is 3.25. The summed E-state index contributed by atoms with van der Waals surface area (Å²) in [7, 11) is 2.07. The number of hydrogen-bond donors (Lipinski definition) is 1. The Morgan fingerprint density at radius 1 is 1.56 bits per heavy atom. The van der Waals surface area contributed by atoms with E-state index in [0.717, 1.165) is 24.6 Å². The predicted octanol–water partition coefficient (Wildman–Crippen LogP) is 1.46. The van der Waals surface area contributed by atoms with Gasteiger partial charge in [0, 0.05) is 13.1 Å². The summed E-state index contributed by atoms with van der Waals surface area (Å²) < 4.78 is 5.70. The highest BCUT2D eigenvalue weighted by Gasteiger charge is 2.34. The number of likely N-dealkylation sites (N-methyl/N-ethyl adjacent to an activating group) is 1. The summed E-state index contributed by atoms with van der Waals surface area (Å²) in [5, 5.41) is 3.11. The second-order valence-corrected chi connectivity index (χ2v) is 5.75. The Hall–Kier alpha value is -0.940. The van der Waals surface area contributed by atoms with Crippen LogP contribution in [0.3, 0.4) is 0 Å². The van der Waals surface area contributed by atoms with Crippen molar-refractivity contribution in [1.82, 2.24) is 10.2 Å². The molecule has 0 aromatic carbocycles. The van der Waals surface area contributed by atoms with Crippen molar-refractivity contribution in [2.45, 2.75) is 18.9 Å². The molecular formula is C13H20N2O2S. The van der Waals surface area contributed by atoms with E-state index < -0.39 is 0 Å². The van der Waals surface area contributed by atoms with Gasteiger partial charge in [0.15, 0.2) is 0 Å². The Bertz CT molecular complexity index is 419. The standard InChI is InChI=1S/C13H20N2O2S/c1-9-4-5-12(17-9)10-6-15(2)7-11(10)14-13(16)8-18-3/h4-5,10-11H,6-8H2,1-3H3,(H,14,16)/t10-,11-/m0/s1. The minimum absolute atomic E-state index is 0.107. The summed E-state index contributed by atoms with van der Waals surface area (Å²) in [5.41, 5.74) is 0. The molecule has 5 heteroatoms. The predicted molar refractivity (Wildman–Crippen MR) is 74.0 cm³/mol. The number of likely N-dealkylation sites (tertiary alicyclic amines) is 1. The van der Waals surface area contributed by atoms with E-state index in [0.29, 0.717) is 5.75 Å². The molecule has 2 heterocycles.